The lowest BCUT2D eigenvalue weighted by Gasteiger charge is -2.13. The van der Waals surface area contributed by atoms with Crippen molar-refractivity contribution in [2.24, 2.45) is 11.7 Å². The van der Waals surface area contributed by atoms with Gasteiger partial charge < -0.3 is 14.9 Å². The molecule has 1 aliphatic rings. The van der Waals surface area contributed by atoms with E-state index in [1.807, 2.05) is 37.3 Å². The van der Waals surface area contributed by atoms with Gasteiger partial charge in [-0.15, -0.1) is 10.2 Å². The first-order valence-corrected chi connectivity index (χ1v) is 7.37. The smallest absolute Gasteiger partial charge is 0.237 e. The van der Waals surface area contributed by atoms with Gasteiger partial charge in [-0.3, -0.25) is 0 Å². The Morgan fingerprint density at radius 1 is 1.05 bits per heavy atom. The minimum absolute atomic E-state index is 0.0799. The second-order valence-corrected chi connectivity index (χ2v) is 5.80. The van der Waals surface area contributed by atoms with Gasteiger partial charge in [-0.25, -0.2) is 0 Å². The second kappa shape index (κ2) is 5.58. The maximum atomic E-state index is 6.20. The number of nitrogens with zero attached hydrogens (tertiary/aromatic N) is 2. The third-order valence-corrected chi connectivity index (χ3v) is 4.41. The van der Waals surface area contributed by atoms with Gasteiger partial charge in [0.1, 0.15) is 6.04 Å². The predicted molar refractivity (Wildman–Crippen MR) is 78.7 cm³/mol. The van der Waals surface area contributed by atoms with Crippen LogP contribution in [0, 0.1) is 5.92 Å². The normalized spacial score (nSPS) is 30.5. The number of ether oxygens (including phenoxy) is 1. The average molecular weight is 287 g/mol. The van der Waals surface area contributed by atoms with Crippen molar-refractivity contribution in [3.8, 4) is 0 Å². The van der Waals surface area contributed by atoms with E-state index in [-0.39, 0.29) is 18.1 Å². The first-order valence-electron chi connectivity index (χ1n) is 7.37. The molecule has 112 valence electrons. The van der Waals surface area contributed by atoms with E-state index in [0.29, 0.717) is 17.7 Å². The molecule has 5 nitrogen and oxygen atoms in total. The fourth-order valence-corrected chi connectivity index (χ4v) is 3.00. The summed E-state index contributed by atoms with van der Waals surface area (Å²) < 4.78 is 11.7. The van der Waals surface area contributed by atoms with Gasteiger partial charge in [-0.05, 0) is 25.3 Å². The molecular formula is C16H21N3O2. The van der Waals surface area contributed by atoms with Gasteiger partial charge in [0.05, 0.1) is 18.1 Å². The summed E-state index contributed by atoms with van der Waals surface area (Å²) in [6.07, 6.45) is 0.277. The molecule has 5 unspecified atom stereocenters. The van der Waals surface area contributed by atoms with Crippen molar-refractivity contribution in [2.75, 3.05) is 0 Å². The summed E-state index contributed by atoms with van der Waals surface area (Å²) in [4.78, 5) is 0. The largest absolute Gasteiger partial charge is 0.423 e. The van der Waals surface area contributed by atoms with E-state index in [0.717, 1.165) is 5.56 Å². The van der Waals surface area contributed by atoms with E-state index in [2.05, 4.69) is 24.0 Å². The fourth-order valence-electron chi connectivity index (χ4n) is 3.00. The SMILES string of the molecule is CC1OC(C)C(c2nnc(C(N)c3ccccc3)o2)C1C. The number of nitrogens with two attached hydrogens (primary N) is 1. The summed E-state index contributed by atoms with van der Waals surface area (Å²) in [6.45, 7) is 6.28. The Bertz CT molecular complexity index is 599. The van der Waals surface area contributed by atoms with Crippen molar-refractivity contribution in [1.29, 1.82) is 0 Å². The molecule has 0 aliphatic carbocycles. The van der Waals surface area contributed by atoms with Crippen LogP contribution >= 0.6 is 0 Å². The molecule has 0 radical (unpaired) electrons. The minimum Gasteiger partial charge on any atom is -0.423 e. The number of hydrogen-bond acceptors (Lipinski definition) is 5. The Kier molecular flexibility index (Phi) is 3.78. The molecule has 2 aromatic rings. The predicted octanol–water partition coefficient (Wildman–Crippen LogP) is 2.64. The van der Waals surface area contributed by atoms with Crippen molar-refractivity contribution < 1.29 is 9.15 Å². The van der Waals surface area contributed by atoms with Crippen LogP contribution in [0.2, 0.25) is 0 Å². The zero-order valence-electron chi connectivity index (χ0n) is 12.6. The molecular weight excluding hydrogens is 266 g/mol. The Labute approximate surface area is 124 Å². The number of benzene rings is 1. The van der Waals surface area contributed by atoms with E-state index in [9.17, 15) is 0 Å². The highest BCUT2D eigenvalue weighted by Gasteiger charge is 2.41. The topological polar surface area (TPSA) is 74.2 Å². The highest BCUT2D eigenvalue weighted by molar-refractivity contribution is 5.23. The number of aromatic nitrogens is 2. The van der Waals surface area contributed by atoms with Gasteiger partial charge in [0.25, 0.3) is 0 Å². The molecule has 21 heavy (non-hydrogen) atoms. The molecule has 2 N–H and O–H groups in total. The molecule has 1 aromatic carbocycles. The van der Waals surface area contributed by atoms with E-state index < -0.39 is 6.04 Å². The minimum atomic E-state index is -0.391. The second-order valence-electron chi connectivity index (χ2n) is 5.80. The van der Waals surface area contributed by atoms with Gasteiger partial charge in [-0.1, -0.05) is 37.3 Å². The standard InChI is InChI=1S/C16H21N3O2/c1-9-10(2)20-11(3)13(9)15-18-19-16(21-15)14(17)12-7-5-4-6-8-12/h4-11,13-14H,17H2,1-3H3. The van der Waals surface area contributed by atoms with Gasteiger partial charge in [0.2, 0.25) is 11.8 Å². The molecule has 1 aliphatic heterocycles. The maximum absolute atomic E-state index is 6.20. The fraction of sp³-hybridized carbons (Fsp3) is 0.500. The van der Waals surface area contributed by atoms with Crippen LogP contribution in [0.25, 0.3) is 0 Å². The third kappa shape index (κ3) is 2.59. The average Bonchev–Trinajstić information content (AvgIpc) is 3.05. The zero-order chi connectivity index (χ0) is 15.0. The molecule has 1 fully saturated rings. The van der Waals surface area contributed by atoms with E-state index >= 15 is 0 Å². The van der Waals surface area contributed by atoms with E-state index in [4.69, 9.17) is 14.9 Å². The van der Waals surface area contributed by atoms with Crippen LogP contribution in [0.4, 0.5) is 0 Å². The van der Waals surface area contributed by atoms with Gasteiger partial charge >= 0.3 is 0 Å². The lowest BCUT2D eigenvalue weighted by atomic mass is 9.89. The van der Waals surface area contributed by atoms with E-state index in [1.165, 1.54) is 0 Å². The molecule has 3 rings (SSSR count). The van der Waals surface area contributed by atoms with Crippen LogP contribution in [0.15, 0.2) is 34.7 Å². The molecule has 5 heteroatoms. The number of hydrogen-bond donors (Lipinski definition) is 1. The number of rotatable bonds is 3. The van der Waals surface area contributed by atoms with E-state index in [1.54, 1.807) is 0 Å². The van der Waals surface area contributed by atoms with Crippen molar-refractivity contribution >= 4 is 0 Å². The van der Waals surface area contributed by atoms with Crippen LogP contribution < -0.4 is 5.73 Å². The molecule has 1 aromatic heterocycles. The third-order valence-electron chi connectivity index (χ3n) is 4.41. The highest BCUT2D eigenvalue weighted by atomic mass is 16.5. The summed E-state index contributed by atoms with van der Waals surface area (Å²) in [5.74, 6) is 1.56. The summed E-state index contributed by atoms with van der Waals surface area (Å²) in [7, 11) is 0. The lowest BCUT2D eigenvalue weighted by molar-refractivity contribution is 0.0544. The molecule has 1 saturated heterocycles. The van der Waals surface area contributed by atoms with Crippen molar-refractivity contribution in [3.05, 3.63) is 47.7 Å². The summed E-state index contributed by atoms with van der Waals surface area (Å²) >= 11 is 0. The lowest BCUT2D eigenvalue weighted by Crippen LogP contribution is -2.15. The maximum Gasteiger partial charge on any atom is 0.237 e. The Hall–Kier alpha value is -1.72. The summed E-state index contributed by atoms with van der Waals surface area (Å²) in [5.41, 5.74) is 7.16. The van der Waals surface area contributed by atoms with Crippen LogP contribution in [0.1, 0.15) is 50.1 Å². The monoisotopic (exact) mass is 287 g/mol. The van der Waals surface area contributed by atoms with Crippen LogP contribution in [0.5, 0.6) is 0 Å². The molecule has 5 atom stereocenters. The molecule has 0 bridgehead atoms. The molecule has 0 spiro atoms. The van der Waals surface area contributed by atoms with Crippen molar-refractivity contribution in [2.45, 2.75) is 44.9 Å². The summed E-state index contributed by atoms with van der Waals surface area (Å²) in [6, 6.07) is 9.38. The van der Waals surface area contributed by atoms with Crippen molar-refractivity contribution in [3.63, 3.8) is 0 Å². The van der Waals surface area contributed by atoms with Crippen LogP contribution in [-0.4, -0.2) is 22.4 Å². The first-order chi connectivity index (χ1) is 10.1. The molecule has 0 amide bonds. The van der Waals surface area contributed by atoms with Gasteiger partial charge in [0, 0.05) is 0 Å². The Morgan fingerprint density at radius 3 is 2.38 bits per heavy atom. The highest BCUT2D eigenvalue weighted by Crippen LogP contribution is 2.39. The Balaban J connectivity index is 1.84. The van der Waals surface area contributed by atoms with Gasteiger partial charge in [-0.2, -0.15) is 0 Å². The first kappa shape index (κ1) is 14.2. The van der Waals surface area contributed by atoms with Gasteiger partial charge in [0.15, 0.2) is 0 Å². The van der Waals surface area contributed by atoms with Crippen LogP contribution in [0.3, 0.4) is 0 Å². The quantitative estimate of drug-likeness (QED) is 0.939. The molecule has 2 heterocycles. The zero-order valence-corrected chi connectivity index (χ0v) is 12.6. The van der Waals surface area contributed by atoms with Crippen molar-refractivity contribution in [1.82, 2.24) is 10.2 Å². The Morgan fingerprint density at radius 2 is 1.76 bits per heavy atom. The van der Waals surface area contributed by atoms with Crippen LogP contribution in [-0.2, 0) is 4.74 Å². The molecule has 0 saturated carbocycles. The summed E-state index contributed by atoms with van der Waals surface area (Å²) in [5, 5.41) is 8.34.